The summed E-state index contributed by atoms with van der Waals surface area (Å²) in [6.07, 6.45) is 1.64. The number of hydrogen-bond acceptors (Lipinski definition) is 4. The first-order chi connectivity index (χ1) is 9.72. The van der Waals surface area contributed by atoms with Gasteiger partial charge in [-0.15, -0.1) is 0 Å². The number of sulfonamides is 1. The molecule has 1 aromatic heterocycles. The van der Waals surface area contributed by atoms with Gasteiger partial charge in [-0.1, -0.05) is 13.8 Å². The maximum Gasteiger partial charge on any atom is 0.237 e. The van der Waals surface area contributed by atoms with E-state index < -0.39 is 21.2 Å². The molecule has 1 heterocycles. The molecule has 0 bridgehead atoms. The van der Waals surface area contributed by atoms with Crippen molar-refractivity contribution in [2.75, 3.05) is 0 Å². The quantitative estimate of drug-likeness (QED) is 0.829. The van der Waals surface area contributed by atoms with Crippen molar-refractivity contribution >= 4 is 15.9 Å². The smallest absolute Gasteiger partial charge is 0.237 e. The molecule has 0 aliphatic carbocycles. The van der Waals surface area contributed by atoms with Crippen LogP contribution in [-0.2, 0) is 28.3 Å². The topological polar surface area (TPSA) is 81.1 Å². The highest BCUT2D eigenvalue weighted by Gasteiger charge is 2.24. The second-order valence-electron chi connectivity index (χ2n) is 5.28. The Bertz CT molecular complexity index is 601. The van der Waals surface area contributed by atoms with E-state index in [0.717, 1.165) is 17.0 Å². The van der Waals surface area contributed by atoms with Crippen molar-refractivity contribution in [2.45, 2.75) is 58.6 Å². The number of carbonyl (C=O) groups excluding carboxylic acids is 1. The molecule has 1 rings (SSSR count). The van der Waals surface area contributed by atoms with E-state index in [2.05, 4.69) is 9.82 Å². The van der Waals surface area contributed by atoms with Gasteiger partial charge in [0.15, 0.2) is 0 Å². The Hall–Kier alpha value is -1.37. The third-order valence-corrected chi connectivity index (χ3v) is 5.92. The van der Waals surface area contributed by atoms with Crippen LogP contribution >= 0.6 is 0 Å². The maximum atomic E-state index is 12.0. The SMILES string of the molecule is CCC(CC)S(=O)(=O)NC(=O)CCc1c(C)nn(C)c1C. The molecule has 0 saturated carbocycles. The minimum Gasteiger partial charge on any atom is -0.274 e. The van der Waals surface area contributed by atoms with Gasteiger partial charge in [-0.3, -0.25) is 14.2 Å². The molecule has 0 saturated heterocycles. The van der Waals surface area contributed by atoms with Gasteiger partial charge in [-0.25, -0.2) is 8.42 Å². The molecule has 6 nitrogen and oxygen atoms in total. The minimum atomic E-state index is -3.56. The van der Waals surface area contributed by atoms with Crippen molar-refractivity contribution in [2.24, 2.45) is 7.05 Å². The molecule has 1 aromatic rings. The molecule has 1 N–H and O–H groups in total. The Morgan fingerprint density at radius 1 is 1.29 bits per heavy atom. The summed E-state index contributed by atoms with van der Waals surface area (Å²) in [7, 11) is -1.71. The molecule has 0 unspecified atom stereocenters. The first-order valence-electron chi connectivity index (χ1n) is 7.26. The van der Waals surface area contributed by atoms with Crippen molar-refractivity contribution in [3.63, 3.8) is 0 Å². The maximum absolute atomic E-state index is 12.0. The molecule has 0 aromatic carbocycles. The number of nitrogens with zero attached hydrogens (tertiary/aromatic N) is 2. The van der Waals surface area contributed by atoms with Crippen LogP contribution in [0.5, 0.6) is 0 Å². The van der Waals surface area contributed by atoms with E-state index in [1.165, 1.54) is 0 Å². The summed E-state index contributed by atoms with van der Waals surface area (Å²) < 4.78 is 28.0. The van der Waals surface area contributed by atoms with E-state index in [0.29, 0.717) is 19.3 Å². The zero-order chi connectivity index (χ0) is 16.2. The summed E-state index contributed by atoms with van der Waals surface area (Å²) in [6, 6.07) is 0. The lowest BCUT2D eigenvalue weighted by atomic mass is 10.1. The summed E-state index contributed by atoms with van der Waals surface area (Å²) in [5.74, 6) is -0.454. The van der Waals surface area contributed by atoms with E-state index in [4.69, 9.17) is 0 Å². The Labute approximate surface area is 127 Å². The van der Waals surface area contributed by atoms with Gasteiger partial charge < -0.3 is 0 Å². The van der Waals surface area contributed by atoms with Crippen LogP contribution in [0, 0.1) is 13.8 Å². The standard InChI is InChI=1S/C14H25N3O3S/c1-6-12(7-2)21(19,20)16-14(18)9-8-13-10(3)15-17(5)11(13)4/h12H,6-9H2,1-5H3,(H,16,18). The number of hydrogen-bond donors (Lipinski definition) is 1. The molecule has 1 amide bonds. The van der Waals surface area contributed by atoms with Crippen molar-refractivity contribution < 1.29 is 13.2 Å². The summed E-state index contributed by atoms with van der Waals surface area (Å²) in [5.41, 5.74) is 2.89. The largest absolute Gasteiger partial charge is 0.274 e. The van der Waals surface area contributed by atoms with Gasteiger partial charge in [-0.05, 0) is 38.7 Å². The van der Waals surface area contributed by atoms with Gasteiger partial charge in [-0.2, -0.15) is 5.10 Å². The van der Waals surface area contributed by atoms with Crippen LogP contribution in [0.15, 0.2) is 0 Å². The van der Waals surface area contributed by atoms with Crippen LogP contribution in [0.3, 0.4) is 0 Å². The Morgan fingerprint density at radius 3 is 2.29 bits per heavy atom. The molecule has 120 valence electrons. The van der Waals surface area contributed by atoms with Crippen LogP contribution in [0.25, 0.3) is 0 Å². The molecule has 0 aliphatic heterocycles. The summed E-state index contributed by atoms with van der Waals surface area (Å²) in [4.78, 5) is 11.9. The fourth-order valence-corrected chi connectivity index (χ4v) is 3.90. The normalized spacial score (nSPS) is 11.9. The predicted molar refractivity (Wildman–Crippen MR) is 82.4 cm³/mol. The lowest BCUT2D eigenvalue weighted by Gasteiger charge is -2.14. The third-order valence-electron chi connectivity index (χ3n) is 3.87. The second-order valence-corrected chi connectivity index (χ2v) is 7.24. The lowest BCUT2D eigenvalue weighted by Crippen LogP contribution is -2.38. The lowest BCUT2D eigenvalue weighted by molar-refractivity contribution is -0.119. The van der Waals surface area contributed by atoms with E-state index in [1.807, 2.05) is 20.9 Å². The summed E-state index contributed by atoms with van der Waals surface area (Å²) in [6.45, 7) is 7.44. The van der Waals surface area contributed by atoms with E-state index in [1.54, 1.807) is 18.5 Å². The van der Waals surface area contributed by atoms with Crippen molar-refractivity contribution in [3.8, 4) is 0 Å². The van der Waals surface area contributed by atoms with Crippen molar-refractivity contribution in [1.82, 2.24) is 14.5 Å². The Kier molecular flexibility index (Phi) is 5.95. The van der Waals surface area contributed by atoms with Crippen molar-refractivity contribution in [1.29, 1.82) is 0 Å². The number of amides is 1. The molecule has 0 aliphatic rings. The monoisotopic (exact) mass is 315 g/mol. The molecule has 21 heavy (non-hydrogen) atoms. The summed E-state index contributed by atoms with van der Waals surface area (Å²) >= 11 is 0. The average molecular weight is 315 g/mol. The highest BCUT2D eigenvalue weighted by molar-refractivity contribution is 7.90. The fourth-order valence-electron chi connectivity index (χ4n) is 2.44. The van der Waals surface area contributed by atoms with Gasteiger partial charge in [0.1, 0.15) is 0 Å². The highest BCUT2D eigenvalue weighted by atomic mass is 32.2. The van der Waals surface area contributed by atoms with E-state index >= 15 is 0 Å². The van der Waals surface area contributed by atoms with Crippen LogP contribution in [0.1, 0.15) is 50.1 Å². The van der Waals surface area contributed by atoms with Crippen LogP contribution in [-0.4, -0.2) is 29.4 Å². The average Bonchev–Trinajstić information content (AvgIpc) is 2.61. The van der Waals surface area contributed by atoms with Crippen LogP contribution < -0.4 is 4.72 Å². The van der Waals surface area contributed by atoms with E-state index in [9.17, 15) is 13.2 Å². The molecule has 0 radical (unpaired) electrons. The van der Waals surface area contributed by atoms with Gasteiger partial charge >= 0.3 is 0 Å². The molecular weight excluding hydrogens is 290 g/mol. The molecular formula is C14H25N3O3S. The molecule has 0 atom stereocenters. The van der Waals surface area contributed by atoms with Crippen LogP contribution in [0.4, 0.5) is 0 Å². The zero-order valence-electron chi connectivity index (χ0n) is 13.4. The second kappa shape index (κ2) is 7.06. The highest BCUT2D eigenvalue weighted by Crippen LogP contribution is 2.14. The third kappa shape index (κ3) is 4.30. The number of nitrogens with one attached hydrogen (secondary N) is 1. The number of aryl methyl sites for hydroxylation is 2. The first-order valence-corrected chi connectivity index (χ1v) is 8.81. The molecule has 7 heteroatoms. The zero-order valence-corrected chi connectivity index (χ0v) is 14.2. The molecule has 0 spiro atoms. The van der Waals surface area contributed by atoms with Crippen molar-refractivity contribution in [3.05, 3.63) is 17.0 Å². The number of aromatic nitrogens is 2. The van der Waals surface area contributed by atoms with Gasteiger partial charge in [0, 0.05) is 19.2 Å². The summed E-state index contributed by atoms with van der Waals surface area (Å²) in [5, 5.41) is 3.77. The Morgan fingerprint density at radius 2 is 1.86 bits per heavy atom. The number of rotatable bonds is 7. The first kappa shape index (κ1) is 17.7. The van der Waals surface area contributed by atoms with Gasteiger partial charge in [0.05, 0.1) is 10.9 Å². The van der Waals surface area contributed by atoms with Gasteiger partial charge in [0.25, 0.3) is 0 Å². The fraction of sp³-hybridized carbons (Fsp3) is 0.714. The Balaban J connectivity index is 2.67. The van der Waals surface area contributed by atoms with Crippen LogP contribution in [0.2, 0.25) is 0 Å². The van der Waals surface area contributed by atoms with E-state index in [-0.39, 0.29) is 6.42 Å². The predicted octanol–water partition coefficient (Wildman–Crippen LogP) is 1.60. The number of carbonyl (C=O) groups is 1. The van der Waals surface area contributed by atoms with Gasteiger partial charge in [0.2, 0.25) is 15.9 Å². The molecule has 0 fully saturated rings. The minimum absolute atomic E-state index is 0.146.